The number of hydrogen-bond donors (Lipinski definition) is 1. The summed E-state index contributed by atoms with van der Waals surface area (Å²) < 4.78 is 37.0. The van der Waals surface area contributed by atoms with Crippen LogP contribution in [-0.4, -0.2) is 33.8 Å². The van der Waals surface area contributed by atoms with Gasteiger partial charge in [-0.05, 0) is 37.5 Å². The molecule has 0 spiro atoms. The van der Waals surface area contributed by atoms with Gasteiger partial charge in [0.05, 0.1) is 6.61 Å². The number of allylic oxidation sites excluding steroid dienone is 2. The summed E-state index contributed by atoms with van der Waals surface area (Å²) in [7, 11) is 0. The van der Waals surface area contributed by atoms with Gasteiger partial charge in [-0.3, -0.25) is 4.79 Å². The van der Waals surface area contributed by atoms with Crippen LogP contribution in [0.1, 0.15) is 37.8 Å². The van der Waals surface area contributed by atoms with Gasteiger partial charge in [0, 0.05) is 17.7 Å². The van der Waals surface area contributed by atoms with Crippen LogP contribution >= 0.6 is 0 Å². The third kappa shape index (κ3) is 3.13. The monoisotopic (exact) mass is 376 g/mol. The van der Waals surface area contributed by atoms with E-state index >= 15 is 0 Å². The van der Waals surface area contributed by atoms with E-state index < -0.39 is 12.7 Å². The van der Waals surface area contributed by atoms with Crippen LogP contribution in [0.25, 0.3) is 0 Å². The zero-order valence-electron chi connectivity index (χ0n) is 14.6. The third-order valence-electron chi connectivity index (χ3n) is 4.61. The second-order valence-corrected chi connectivity index (χ2v) is 6.24. The first-order valence-corrected chi connectivity index (χ1v) is 8.72. The molecule has 0 bridgehead atoms. The largest absolute Gasteiger partial charge is 0.490 e. The number of halogens is 2. The van der Waals surface area contributed by atoms with Crippen LogP contribution in [0.5, 0.6) is 11.5 Å². The van der Waals surface area contributed by atoms with Gasteiger partial charge in [0.25, 0.3) is 0 Å². The normalized spacial score (nSPS) is 18.8. The van der Waals surface area contributed by atoms with Crippen molar-refractivity contribution in [3.05, 3.63) is 41.4 Å². The summed E-state index contributed by atoms with van der Waals surface area (Å²) in [5.74, 6) is 0.730. The predicted molar refractivity (Wildman–Crippen MR) is 91.9 cm³/mol. The zero-order chi connectivity index (χ0) is 19.0. The molecule has 2 aliphatic rings. The number of aromatic nitrogens is 3. The Hall–Kier alpha value is -2.97. The zero-order valence-corrected chi connectivity index (χ0v) is 14.6. The Kier molecular flexibility index (Phi) is 4.51. The lowest BCUT2D eigenvalue weighted by molar-refractivity contribution is -0.116. The van der Waals surface area contributed by atoms with Crippen LogP contribution in [0, 0.1) is 0 Å². The number of anilines is 1. The summed E-state index contributed by atoms with van der Waals surface area (Å²) in [6, 6.07) is 4.20. The van der Waals surface area contributed by atoms with Gasteiger partial charge in [-0.1, -0.05) is 6.07 Å². The molecule has 0 radical (unpaired) electrons. The molecule has 142 valence electrons. The van der Waals surface area contributed by atoms with E-state index in [1.807, 2.05) is 0 Å². The molecule has 4 rings (SSSR count). The molecule has 1 unspecified atom stereocenters. The van der Waals surface area contributed by atoms with E-state index in [1.165, 1.54) is 12.4 Å². The van der Waals surface area contributed by atoms with Gasteiger partial charge in [-0.2, -0.15) is 18.9 Å². The van der Waals surface area contributed by atoms with Gasteiger partial charge in [0.1, 0.15) is 12.4 Å². The number of carbonyl (C=O) groups is 1. The maximum absolute atomic E-state index is 12.7. The predicted octanol–water partition coefficient (Wildman–Crippen LogP) is 3.30. The van der Waals surface area contributed by atoms with Crippen molar-refractivity contribution in [2.24, 2.45) is 0 Å². The van der Waals surface area contributed by atoms with Crippen LogP contribution in [0.3, 0.4) is 0 Å². The second kappa shape index (κ2) is 6.98. The molecule has 2 heterocycles. The van der Waals surface area contributed by atoms with Crippen LogP contribution in [0.4, 0.5) is 14.7 Å². The number of ketones is 1. The molecule has 1 N–H and O–H groups in total. The summed E-state index contributed by atoms with van der Waals surface area (Å²) in [6.45, 7) is -0.911. The van der Waals surface area contributed by atoms with Crippen molar-refractivity contribution in [3.63, 3.8) is 0 Å². The number of hydrogen-bond acceptors (Lipinski definition) is 6. The lowest BCUT2D eigenvalue weighted by Crippen LogP contribution is -2.31. The molecule has 0 amide bonds. The van der Waals surface area contributed by atoms with Crippen molar-refractivity contribution >= 4 is 11.7 Å². The van der Waals surface area contributed by atoms with Crippen LogP contribution in [0.2, 0.25) is 0 Å². The SMILES string of the molecule is CCOc1cc(C2C3=C(CCCC3=O)Nc3ncnn32)ccc1OC(F)F. The molecule has 1 aliphatic heterocycles. The molecule has 2 aromatic rings. The number of fused-ring (bicyclic) bond motifs is 1. The summed E-state index contributed by atoms with van der Waals surface area (Å²) in [5, 5.41) is 7.43. The highest BCUT2D eigenvalue weighted by Crippen LogP contribution is 2.41. The molecule has 1 aromatic carbocycles. The van der Waals surface area contributed by atoms with Crippen molar-refractivity contribution < 1.29 is 23.0 Å². The van der Waals surface area contributed by atoms with E-state index in [0.717, 1.165) is 18.5 Å². The Labute approximate surface area is 154 Å². The summed E-state index contributed by atoms with van der Waals surface area (Å²) in [5.41, 5.74) is 2.16. The Bertz CT molecular complexity index is 910. The quantitative estimate of drug-likeness (QED) is 0.863. The smallest absolute Gasteiger partial charge is 0.387 e. The van der Waals surface area contributed by atoms with Crippen molar-refractivity contribution in [2.45, 2.75) is 38.8 Å². The molecule has 7 nitrogen and oxygen atoms in total. The topological polar surface area (TPSA) is 78.3 Å². The van der Waals surface area contributed by atoms with E-state index in [1.54, 1.807) is 23.7 Å². The highest BCUT2D eigenvalue weighted by Gasteiger charge is 2.36. The number of nitrogens with zero attached hydrogens (tertiary/aromatic N) is 3. The van der Waals surface area contributed by atoms with Crippen molar-refractivity contribution in [3.8, 4) is 11.5 Å². The molecule has 0 fully saturated rings. The first-order chi connectivity index (χ1) is 13.1. The van der Waals surface area contributed by atoms with Gasteiger partial charge < -0.3 is 14.8 Å². The van der Waals surface area contributed by atoms with Gasteiger partial charge in [-0.25, -0.2) is 4.68 Å². The molecule has 1 aliphatic carbocycles. The van der Waals surface area contributed by atoms with E-state index in [-0.39, 0.29) is 23.9 Å². The second-order valence-electron chi connectivity index (χ2n) is 6.24. The van der Waals surface area contributed by atoms with Crippen LogP contribution in [0.15, 0.2) is 35.8 Å². The van der Waals surface area contributed by atoms with Gasteiger partial charge in [0.2, 0.25) is 5.95 Å². The molecule has 1 atom stereocenters. The fourth-order valence-corrected chi connectivity index (χ4v) is 3.56. The lowest BCUT2D eigenvalue weighted by atomic mass is 9.85. The first-order valence-electron chi connectivity index (χ1n) is 8.72. The Morgan fingerprint density at radius 1 is 1.33 bits per heavy atom. The van der Waals surface area contributed by atoms with Gasteiger partial charge >= 0.3 is 6.61 Å². The summed E-state index contributed by atoms with van der Waals surface area (Å²) in [6.07, 6.45) is 3.40. The minimum absolute atomic E-state index is 0.0424. The fraction of sp³-hybridized carbons (Fsp3) is 0.389. The maximum Gasteiger partial charge on any atom is 0.387 e. The van der Waals surface area contributed by atoms with Crippen molar-refractivity contribution in [1.82, 2.24) is 14.8 Å². The number of rotatable bonds is 5. The molecule has 27 heavy (non-hydrogen) atoms. The number of Topliss-reactive ketones (excluding diaryl/α,β-unsaturated/α-hetero) is 1. The highest BCUT2D eigenvalue weighted by atomic mass is 19.3. The summed E-state index contributed by atoms with van der Waals surface area (Å²) in [4.78, 5) is 16.9. The van der Waals surface area contributed by atoms with Crippen molar-refractivity contribution in [1.29, 1.82) is 0 Å². The standard InChI is InChI=1S/C18H18F2N4O3/c1-2-26-14-8-10(6-7-13(14)27-17(19)20)16-15-11(4-3-5-12(15)25)23-18-21-9-22-24(16)18/h6-9,16-17H,2-5H2,1H3,(H,21,22,23). The summed E-state index contributed by atoms with van der Waals surface area (Å²) >= 11 is 0. The van der Waals surface area contributed by atoms with E-state index in [4.69, 9.17) is 4.74 Å². The number of alkyl halides is 2. The number of carbonyl (C=O) groups excluding carboxylic acids is 1. The maximum atomic E-state index is 12.7. The highest BCUT2D eigenvalue weighted by molar-refractivity contribution is 5.99. The van der Waals surface area contributed by atoms with Crippen LogP contribution < -0.4 is 14.8 Å². The minimum atomic E-state index is -2.95. The Morgan fingerprint density at radius 2 is 2.19 bits per heavy atom. The Balaban J connectivity index is 1.82. The average Bonchev–Trinajstić information content (AvgIpc) is 3.09. The fourth-order valence-electron chi connectivity index (χ4n) is 3.56. The third-order valence-corrected chi connectivity index (χ3v) is 4.61. The molecule has 9 heteroatoms. The van der Waals surface area contributed by atoms with E-state index in [9.17, 15) is 13.6 Å². The number of benzene rings is 1. The molecular weight excluding hydrogens is 358 g/mol. The van der Waals surface area contributed by atoms with Crippen LogP contribution in [-0.2, 0) is 4.79 Å². The van der Waals surface area contributed by atoms with Gasteiger partial charge in [-0.15, -0.1) is 0 Å². The number of nitrogens with one attached hydrogen (secondary N) is 1. The Morgan fingerprint density at radius 3 is 2.96 bits per heavy atom. The molecular formula is C18H18F2N4O3. The minimum Gasteiger partial charge on any atom is -0.490 e. The van der Waals surface area contributed by atoms with E-state index in [2.05, 4.69) is 20.1 Å². The van der Waals surface area contributed by atoms with Crippen molar-refractivity contribution in [2.75, 3.05) is 11.9 Å². The molecule has 1 aromatic heterocycles. The van der Waals surface area contributed by atoms with E-state index in [0.29, 0.717) is 23.5 Å². The molecule has 0 saturated carbocycles. The number of ether oxygens (including phenoxy) is 2. The first kappa shape index (κ1) is 17.4. The molecule has 0 saturated heterocycles. The lowest BCUT2D eigenvalue weighted by Gasteiger charge is -2.32. The van der Waals surface area contributed by atoms with Gasteiger partial charge in [0.15, 0.2) is 17.3 Å². The average molecular weight is 376 g/mol.